The van der Waals surface area contributed by atoms with Crippen molar-refractivity contribution in [2.24, 2.45) is 0 Å². The maximum absolute atomic E-state index is 12.3. The maximum atomic E-state index is 12.3. The molecule has 0 aliphatic heterocycles. The first-order valence-corrected chi connectivity index (χ1v) is 10.7. The Bertz CT molecular complexity index is 1140. The largest absolute Gasteiger partial charge is 0.497 e. The first-order valence-electron chi connectivity index (χ1n) is 9.73. The third-order valence-corrected chi connectivity index (χ3v) is 5.71. The van der Waals surface area contributed by atoms with Gasteiger partial charge in [0.2, 0.25) is 0 Å². The van der Waals surface area contributed by atoms with Crippen LogP contribution in [0.25, 0.3) is 5.69 Å². The molecule has 0 fully saturated rings. The van der Waals surface area contributed by atoms with E-state index in [9.17, 15) is 4.79 Å². The molecule has 7 nitrogen and oxygen atoms in total. The average Bonchev–Trinajstić information content (AvgIpc) is 3.46. The zero-order valence-corrected chi connectivity index (χ0v) is 18.1. The Kier molecular flexibility index (Phi) is 6.37. The Morgan fingerprint density at radius 2 is 1.87 bits per heavy atom. The molecular weight excluding hydrogens is 412 g/mol. The van der Waals surface area contributed by atoms with E-state index in [-0.39, 0.29) is 5.91 Å². The van der Waals surface area contributed by atoms with Crippen molar-refractivity contribution in [3.63, 3.8) is 0 Å². The van der Waals surface area contributed by atoms with Crippen LogP contribution in [0.1, 0.15) is 27.5 Å². The predicted octanol–water partition coefficient (Wildman–Crippen LogP) is 4.40. The Labute approximate surface area is 184 Å². The van der Waals surface area contributed by atoms with Crippen LogP contribution in [0.2, 0.25) is 0 Å². The highest BCUT2D eigenvalue weighted by Gasteiger charge is 2.12. The molecule has 2 aromatic carbocycles. The van der Waals surface area contributed by atoms with E-state index in [4.69, 9.17) is 9.15 Å². The van der Waals surface area contributed by atoms with Crippen molar-refractivity contribution in [1.82, 2.24) is 20.1 Å². The number of furan rings is 1. The summed E-state index contributed by atoms with van der Waals surface area (Å²) >= 11 is 1.59. The number of aryl methyl sites for hydroxylation is 1. The van der Waals surface area contributed by atoms with Crippen LogP contribution in [0, 0.1) is 6.92 Å². The van der Waals surface area contributed by atoms with Gasteiger partial charge in [-0.25, -0.2) is 0 Å². The normalized spacial score (nSPS) is 10.8. The third-order valence-electron chi connectivity index (χ3n) is 4.71. The molecule has 0 atom stereocenters. The van der Waals surface area contributed by atoms with E-state index in [0.29, 0.717) is 17.9 Å². The summed E-state index contributed by atoms with van der Waals surface area (Å²) in [5, 5.41) is 12.2. The molecule has 2 aromatic heterocycles. The molecule has 0 saturated heterocycles. The summed E-state index contributed by atoms with van der Waals surface area (Å²) in [4.78, 5) is 12.3. The van der Waals surface area contributed by atoms with Gasteiger partial charge >= 0.3 is 0 Å². The average molecular weight is 435 g/mol. The molecule has 0 aliphatic carbocycles. The molecule has 0 spiro atoms. The van der Waals surface area contributed by atoms with Gasteiger partial charge in [0.25, 0.3) is 5.91 Å². The summed E-state index contributed by atoms with van der Waals surface area (Å²) in [6, 6.07) is 19.0. The van der Waals surface area contributed by atoms with Gasteiger partial charge in [-0.05, 0) is 61.0 Å². The lowest BCUT2D eigenvalue weighted by Gasteiger charge is -2.09. The van der Waals surface area contributed by atoms with Crippen molar-refractivity contribution in [2.75, 3.05) is 7.11 Å². The van der Waals surface area contributed by atoms with Gasteiger partial charge in [-0.3, -0.25) is 9.36 Å². The van der Waals surface area contributed by atoms with E-state index in [2.05, 4.69) is 15.5 Å². The molecule has 4 rings (SSSR count). The van der Waals surface area contributed by atoms with E-state index < -0.39 is 0 Å². The van der Waals surface area contributed by atoms with E-state index in [1.54, 1.807) is 31.2 Å². The number of benzene rings is 2. The number of aromatic nitrogens is 3. The van der Waals surface area contributed by atoms with Crippen molar-refractivity contribution in [3.05, 3.63) is 89.6 Å². The molecule has 0 saturated carbocycles. The summed E-state index contributed by atoms with van der Waals surface area (Å²) in [6.45, 7) is 2.29. The minimum Gasteiger partial charge on any atom is -0.497 e. The minimum atomic E-state index is -0.134. The van der Waals surface area contributed by atoms with Gasteiger partial charge < -0.3 is 14.5 Å². The highest BCUT2D eigenvalue weighted by molar-refractivity contribution is 7.98. The van der Waals surface area contributed by atoms with Crippen LogP contribution >= 0.6 is 11.8 Å². The number of carbonyl (C=O) groups is 1. The number of methoxy groups -OCH3 is 1. The van der Waals surface area contributed by atoms with E-state index in [1.165, 1.54) is 0 Å². The summed E-state index contributed by atoms with van der Waals surface area (Å²) in [5.74, 6) is 2.92. The second-order valence-corrected chi connectivity index (χ2v) is 7.75. The number of rotatable bonds is 8. The highest BCUT2D eigenvalue weighted by Crippen LogP contribution is 2.26. The van der Waals surface area contributed by atoms with Crippen LogP contribution < -0.4 is 10.1 Å². The Hall–Kier alpha value is -3.52. The van der Waals surface area contributed by atoms with E-state index in [0.717, 1.165) is 33.7 Å². The number of amides is 1. The fourth-order valence-electron chi connectivity index (χ4n) is 3.05. The third kappa shape index (κ3) is 4.97. The minimum absolute atomic E-state index is 0.134. The number of hydrogen-bond acceptors (Lipinski definition) is 6. The summed E-state index contributed by atoms with van der Waals surface area (Å²) < 4.78 is 12.5. The quantitative estimate of drug-likeness (QED) is 0.414. The molecular formula is C23H22N4O3S. The summed E-state index contributed by atoms with van der Waals surface area (Å²) in [6.07, 6.45) is 1.59. The topological polar surface area (TPSA) is 82.2 Å². The maximum Gasteiger partial charge on any atom is 0.251 e. The van der Waals surface area contributed by atoms with Crippen LogP contribution in [0.4, 0.5) is 0 Å². The van der Waals surface area contributed by atoms with Gasteiger partial charge in [0, 0.05) is 17.0 Å². The Balaban J connectivity index is 1.39. The number of thioether (sulfide) groups is 1. The van der Waals surface area contributed by atoms with Crippen LogP contribution in [-0.2, 0) is 12.3 Å². The lowest BCUT2D eigenvalue weighted by molar-refractivity contribution is 0.0948. The Morgan fingerprint density at radius 3 is 2.55 bits per heavy atom. The van der Waals surface area contributed by atoms with Crippen molar-refractivity contribution in [3.8, 4) is 11.4 Å². The first-order chi connectivity index (χ1) is 15.1. The molecule has 0 unspecified atom stereocenters. The fraction of sp³-hybridized carbons (Fsp3) is 0.174. The van der Waals surface area contributed by atoms with Gasteiger partial charge in [0.1, 0.15) is 17.3 Å². The van der Waals surface area contributed by atoms with Crippen LogP contribution in [-0.4, -0.2) is 27.8 Å². The number of nitrogens with one attached hydrogen (secondary N) is 1. The van der Waals surface area contributed by atoms with Gasteiger partial charge in [-0.1, -0.05) is 23.9 Å². The van der Waals surface area contributed by atoms with Crippen molar-refractivity contribution < 1.29 is 13.9 Å². The van der Waals surface area contributed by atoms with Gasteiger partial charge in [-0.15, -0.1) is 10.2 Å². The predicted molar refractivity (Wildman–Crippen MR) is 119 cm³/mol. The van der Waals surface area contributed by atoms with Gasteiger partial charge in [0.15, 0.2) is 5.16 Å². The standard InChI is InChI=1S/C23H22N4O3S/c1-16-25-26-23(27(16)19-9-11-20(29-2)12-10-19)31-15-17-5-7-18(8-6-17)22(28)24-14-21-4-3-13-30-21/h3-13H,14-15H2,1-2H3,(H,24,28). The molecule has 8 heteroatoms. The van der Waals surface area contributed by atoms with Crippen molar-refractivity contribution in [1.29, 1.82) is 0 Å². The van der Waals surface area contributed by atoms with E-state index >= 15 is 0 Å². The van der Waals surface area contributed by atoms with Gasteiger partial charge in [-0.2, -0.15) is 0 Å². The lowest BCUT2D eigenvalue weighted by Crippen LogP contribution is -2.22. The van der Waals surface area contributed by atoms with Crippen LogP contribution in [0.3, 0.4) is 0 Å². The molecule has 0 bridgehead atoms. The zero-order chi connectivity index (χ0) is 21.6. The number of carbonyl (C=O) groups excluding carboxylic acids is 1. The van der Waals surface area contributed by atoms with E-state index in [1.807, 2.05) is 66.1 Å². The lowest BCUT2D eigenvalue weighted by atomic mass is 10.1. The molecule has 0 aliphatic rings. The van der Waals surface area contributed by atoms with Gasteiger partial charge in [0.05, 0.1) is 19.9 Å². The molecule has 158 valence electrons. The summed E-state index contributed by atoms with van der Waals surface area (Å²) in [7, 11) is 1.65. The molecule has 1 N–H and O–H groups in total. The first kappa shape index (κ1) is 20.7. The van der Waals surface area contributed by atoms with Crippen molar-refractivity contribution in [2.45, 2.75) is 24.4 Å². The Morgan fingerprint density at radius 1 is 1.10 bits per heavy atom. The second-order valence-electron chi connectivity index (χ2n) is 6.81. The number of hydrogen-bond donors (Lipinski definition) is 1. The van der Waals surface area contributed by atoms with Crippen LogP contribution in [0.5, 0.6) is 5.75 Å². The molecule has 2 heterocycles. The molecule has 31 heavy (non-hydrogen) atoms. The smallest absolute Gasteiger partial charge is 0.251 e. The van der Waals surface area contributed by atoms with Crippen molar-refractivity contribution >= 4 is 17.7 Å². The number of nitrogens with zero attached hydrogens (tertiary/aromatic N) is 3. The van der Waals surface area contributed by atoms with Crippen LogP contribution in [0.15, 0.2) is 76.5 Å². The fourth-order valence-corrected chi connectivity index (χ4v) is 4.00. The molecule has 0 radical (unpaired) electrons. The number of ether oxygens (including phenoxy) is 1. The SMILES string of the molecule is COc1ccc(-n2c(C)nnc2SCc2ccc(C(=O)NCc3ccco3)cc2)cc1. The highest BCUT2D eigenvalue weighted by atomic mass is 32.2. The zero-order valence-electron chi connectivity index (χ0n) is 17.2. The second kappa shape index (κ2) is 9.53. The monoisotopic (exact) mass is 434 g/mol. The molecule has 1 amide bonds. The molecule has 4 aromatic rings. The summed E-state index contributed by atoms with van der Waals surface area (Å²) in [5.41, 5.74) is 2.68.